The smallest absolute Gasteiger partial charge is 0.295 e. The molecule has 1 amide bonds. The fourth-order valence-corrected chi connectivity index (χ4v) is 2.64. The number of nitrogens with one attached hydrogen (secondary N) is 1. The van der Waals surface area contributed by atoms with Crippen molar-refractivity contribution < 1.29 is 4.79 Å². The summed E-state index contributed by atoms with van der Waals surface area (Å²) in [4.78, 5) is 29.0. The standard InChI is InChI=1S/C15H13N5OS/c1-9-7-10(2)18-13(17-9)14(21)20-15-19-12(8-22-15)11-5-3-4-6-16-11/h3-8H,1-2H3,(H,19,20,21). The van der Waals surface area contributed by atoms with Gasteiger partial charge in [-0.3, -0.25) is 15.1 Å². The zero-order chi connectivity index (χ0) is 15.5. The predicted molar refractivity (Wildman–Crippen MR) is 84.8 cm³/mol. The van der Waals surface area contributed by atoms with Gasteiger partial charge in [-0.1, -0.05) is 6.07 Å². The molecule has 3 aromatic rings. The average Bonchev–Trinajstić information content (AvgIpc) is 2.95. The van der Waals surface area contributed by atoms with Crippen molar-refractivity contribution >= 4 is 22.4 Å². The first-order valence-electron chi connectivity index (χ1n) is 6.62. The van der Waals surface area contributed by atoms with Crippen LogP contribution in [-0.4, -0.2) is 25.8 Å². The second kappa shape index (κ2) is 5.98. The molecule has 22 heavy (non-hydrogen) atoms. The fourth-order valence-electron chi connectivity index (χ4n) is 1.94. The molecule has 0 radical (unpaired) electrons. The van der Waals surface area contributed by atoms with Crippen molar-refractivity contribution in [2.24, 2.45) is 0 Å². The van der Waals surface area contributed by atoms with Gasteiger partial charge < -0.3 is 0 Å². The normalized spacial score (nSPS) is 10.5. The lowest BCUT2D eigenvalue weighted by Crippen LogP contribution is -2.16. The third-order valence-electron chi connectivity index (χ3n) is 2.84. The summed E-state index contributed by atoms with van der Waals surface area (Å²) in [6, 6.07) is 7.42. The van der Waals surface area contributed by atoms with E-state index in [1.54, 1.807) is 6.20 Å². The third-order valence-corrected chi connectivity index (χ3v) is 3.60. The molecule has 0 bridgehead atoms. The highest BCUT2D eigenvalue weighted by Crippen LogP contribution is 2.23. The summed E-state index contributed by atoms with van der Waals surface area (Å²) in [5.41, 5.74) is 3.00. The Morgan fingerprint density at radius 3 is 2.55 bits per heavy atom. The monoisotopic (exact) mass is 311 g/mol. The maximum absolute atomic E-state index is 12.2. The molecule has 7 heteroatoms. The molecule has 0 saturated carbocycles. The zero-order valence-corrected chi connectivity index (χ0v) is 12.9. The maximum Gasteiger partial charge on any atom is 0.295 e. The first-order valence-corrected chi connectivity index (χ1v) is 7.50. The van der Waals surface area contributed by atoms with Gasteiger partial charge in [-0.05, 0) is 32.0 Å². The molecule has 3 aromatic heterocycles. The van der Waals surface area contributed by atoms with Gasteiger partial charge in [0.25, 0.3) is 5.91 Å². The van der Waals surface area contributed by atoms with Crippen LogP contribution >= 0.6 is 11.3 Å². The van der Waals surface area contributed by atoms with Gasteiger partial charge in [0.1, 0.15) is 5.69 Å². The number of thiazole rings is 1. The molecule has 0 saturated heterocycles. The van der Waals surface area contributed by atoms with E-state index in [0.717, 1.165) is 22.8 Å². The van der Waals surface area contributed by atoms with Gasteiger partial charge in [0.15, 0.2) is 5.13 Å². The van der Waals surface area contributed by atoms with Crippen molar-refractivity contribution in [2.75, 3.05) is 5.32 Å². The molecule has 0 aliphatic carbocycles. The Hall–Kier alpha value is -2.67. The number of anilines is 1. The van der Waals surface area contributed by atoms with Crippen LogP contribution in [0, 0.1) is 13.8 Å². The van der Waals surface area contributed by atoms with Crippen LogP contribution in [0.2, 0.25) is 0 Å². The van der Waals surface area contributed by atoms with E-state index in [-0.39, 0.29) is 11.7 Å². The third kappa shape index (κ3) is 3.15. The molecule has 6 nitrogen and oxygen atoms in total. The van der Waals surface area contributed by atoms with Crippen molar-refractivity contribution in [1.29, 1.82) is 0 Å². The number of carbonyl (C=O) groups is 1. The minimum Gasteiger partial charge on any atom is -0.295 e. The van der Waals surface area contributed by atoms with Crippen molar-refractivity contribution in [2.45, 2.75) is 13.8 Å². The number of aromatic nitrogens is 4. The van der Waals surface area contributed by atoms with Gasteiger partial charge in [0.05, 0.1) is 5.69 Å². The quantitative estimate of drug-likeness (QED) is 0.804. The Bertz CT molecular complexity index is 796. The van der Waals surface area contributed by atoms with E-state index < -0.39 is 0 Å². The second-order valence-electron chi connectivity index (χ2n) is 4.68. The van der Waals surface area contributed by atoms with Crippen LogP contribution in [0.3, 0.4) is 0 Å². The molecule has 110 valence electrons. The first-order chi connectivity index (χ1) is 10.6. The topological polar surface area (TPSA) is 80.7 Å². The van der Waals surface area contributed by atoms with E-state index >= 15 is 0 Å². The molecule has 0 atom stereocenters. The van der Waals surface area contributed by atoms with Crippen LogP contribution in [0.15, 0.2) is 35.8 Å². The van der Waals surface area contributed by atoms with E-state index in [4.69, 9.17) is 0 Å². The Morgan fingerprint density at radius 1 is 1.09 bits per heavy atom. The number of hydrogen-bond donors (Lipinski definition) is 1. The second-order valence-corrected chi connectivity index (χ2v) is 5.54. The van der Waals surface area contributed by atoms with Gasteiger partial charge >= 0.3 is 0 Å². The molecular formula is C15H13N5OS. The van der Waals surface area contributed by atoms with Crippen molar-refractivity contribution in [1.82, 2.24) is 19.9 Å². The maximum atomic E-state index is 12.2. The van der Waals surface area contributed by atoms with Gasteiger partial charge in [-0.2, -0.15) is 0 Å². The number of carbonyl (C=O) groups excluding carboxylic acids is 1. The zero-order valence-electron chi connectivity index (χ0n) is 12.1. The van der Waals surface area contributed by atoms with Gasteiger partial charge in [0.2, 0.25) is 5.82 Å². The predicted octanol–water partition coefficient (Wildman–Crippen LogP) is 2.86. The average molecular weight is 311 g/mol. The molecular weight excluding hydrogens is 298 g/mol. The number of pyridine rings is 1. The first kappa shape index (κ1) is 14.3. The van der Waals surface area contributed by atoms with Gasteiger partial charge in [-0.15, -0.1) is 11.3 Å². The number of nitrogens with zero attached hydrogens (tertiary/aromatic N) is 4. The number of hydrogen-bond acceptors (Lipinski definition) is 6. The van der Waals surface area contributed by atoms with Crippen LogP contribution < -0.4 is 5.32 Å². The Labute approximate surface area is 131 Å². The molecule has 0 aliphatic heterocycles. The summed E-state index contributed by atoms with van der Waals surface area (Å²) in [5.74, 6) is -0.221. The van der Waals surface area contributed by atoms with Crippen molar-refractivity contribution in [3.8, 4) is 11.4 Å². The Balaban J connectivity index is 1.79. The minimum absolute atomic E-state index is 0.145. The summed E-state index contributed by atoms with van der Waals surface area (Å²) < 4.78 is 0. The highest BCUT2D eigenvalue weighted by Gasteiger charge is 2.13. The highest BCUT2D eigenvalue weighted by atomic mass is 32.1. The van der Waals surface area contributed by atoms with E-state index in [9.17, 15) is 4.79 Å². The van der Waals surface area contributed by atoms with Crippen molar-refractivity contribution in [3.05, 3.63) is 53.1 Å². The van der Waals surface area contributed by atoms with Crippen LogP contribution in [0.4, 0.5) is 5.13 Å². The molecule has 1 N–H and O–H groups in total. The molecule has 3 heterocycles. The SMILES string of the molecule is Cc1cc(C)nc(C(=O)Nc2nc(-c3ccccn3)cs2)n1. The van der Waals surface area contributed by atoms with Crippen molar-refractivity contribution in [3.63, 3.8) is 0 Å². The molecule has 0 fully saturated rings. The van der Waals surface area contributed by atoms with E-state index in [1.807, 2.05) is 43.5 Å². The van der Waals surface area contributed by atoms with E-state index in [2.05, 4.69) is 25.3 Å². The molecule has 0 aromatic carbocycles. The largest absolute Gasteiger partial charge is 0.295 e. The summed E-state index contributed by atoms with van der Waals surface area (Å²) in [7, 11) is 0. The highest BCUT2D eigenvalue weighted by molar-refractivity contribution is 7.14. The Kier molecular flexibility index (Phi) is 3.88. The minimum atomic E-state index is -0.367. The van der Waals surface area contributed by atoms with Crippen LogP contribution in [0.1, 0.15) is 22.0 Å². The Morgan fingerprint density at radius 2 is 1.86 bits per heavy atom. The van der Waals surface area contributed by atoms with Crippen LogP contribution in [0.25, 0.3) is 11.4 Å². The van der Waals surface area contributed by atoms with E-state index in [0.29, 0.717) is 5.13 Å². The van der Waals surface area contributed by atoms with Crippen LogP contribution in [-0.2, 0) is 0 Å². The molecule has 0 unspecified atom stereocenters. The number of rotatable bonds is 3. The lowest BCUT2D eigenvalue weighted by Gasteiger charge is -2.02. The fraction of sp³-hybridized carbons (Fsp3) is 0.133. The lowest BCUT2D eigenvalue weighted by molar-refractivity contribution is 0.101. The summed E-state index contributed by atoms with van der Waals surface area (Å²) in [6.45, 7) is 3.65. The molecule has 3 rings (SSSR count). The summed E-state index contributed by atoms with van der Waals surface area (Å²) in [6.07, 6.45) is 1.70. The number of aryl methyl sites for hydroxylation is 2. The molecule has 0 spiro atoms. The van der Waals surface area contributed by atoms with E-state index in [1.165, 1.54) is 11.3 Å². The van der Waals surface area contributed by atoms with Gasteiger partial charge in [0, 0.05) is 23.0 Å². The molecule has 0 aliphatic rings. The lowest BCUT2D eigenvalue weighted by atomic mass is 10.3. The summed E-state index contributed by atoms with van der Waals surface area (Å²) in [5, 5.41) is 5.06. The number of amides is 1. The summed E-state index contributed by atoms with van der Waals surface area (Å²) >= 11 is 1.34. The van der Waals surface area contributed by atoms with Crippen LogP contribution in [0.5, 0.6) is 0 Å². The van der Waals surface area contributed by atoms with Gasteiger partial charge in [-0.25, -0.2) is 15.0 Å².